The van der Waals surface area contributed by atoms with Gasteiger partial charge in [-0.1, -0.05) is 12.1 Å². The van der Waals surface area contributed by atoms with Crippen molar-refractivity contribution >= 4 is 5.78 Å². The summed E-state index contributed by atoms with van der Waals surface area (Å²) in [6.07, 6.45) is 0. The number of hydrogen-bond donors (Lipinski definition) is 0. The van der Waals surface area contributed by atoms with Crippen molar-refractivity contribution in [2.24, 2.45) is 0 Å². The number of hydrogen-bond acceptors (Lipinski definition) is 3. The van der Waals surface area contributed by atoms with Crippen LogP contribution >= 0.6 is 0 Å². The van der Waals surface area contributed by atoms with Crippen molar-refractivity contribution in [2.45, 2.75) is 6.92 Å². The van der Waals surface area contributed by atoms with Gasteiger partial charge in [0.1, 0.15) is 11.6 Å². The molecule has 0 atom stereocenters. The zero-order valence-corrected chi connectivity index (χ0v) is 11.4. The summed E-state index contributed by atoms with van der Waals surface area (Å²) in [5.41, 5.74) is 0.363. The summed E-state index contributed by atoms with van der Waals surface area (Å²) < 4.78 is 36.6. The first-order valence-corrected chi connectivity index (χ1v) is 6.44. The maximum atomic E-state index is 13.4. The molecule has 110 valence electrons. The summed E-state index contributed by atoms with van der Waals surface area (Å²) in [5, 5.41) is 0. The minimum Gasteiger partial charge on any atom is -0.493 e. The van der Waals surface area contributed by atoms with Gasteiger partial charge in [-0.3, -0.25) is 4.79 Å². The summed E-state index contributed by atoms with van der Waals surface area (Å²) >= 11 is 0. The van der Waals surface area contributed by atoms with E-state index in [1.165, 1.54) is 0 Å². The smallest absolute Gasteiger partial charge is 0.203 e. The van der Waals surface area contributed by atoms with Crippen molar-refractivity contribution in [3.63, 3.8) is 0 Å². The molecule has 0 heterocycles. The zero-order chi connectivity index (χ0) is 15.2. The Labute approximate surface area is 121 Å². The molecule has 0 bridgehead atoms. The third-order valence-corrected chi connectivity index (χ3v) is 2.74. The Morgan fingerprint density at radius 1 is 1.05 bits per heavy atom. The van der Waals surface area contributed by atoms with E-state index in [9.17, 15) is 13.6 Å². The van der Waals surface area contributed by atoms with E-state index in [2.05, 4.69) is 0 Å². The Kier molecular flexibility index (Phi) is 4.87. The Balaban J connectivity index is 2.08. The van der Waals surface area contributed by atoms with Crippen LogP contribution in [-0.4, -0.2) is 19.0 Å². The van der Waals surface area contributed by atoms with Crippen LogP contribution in [-0.2, 0) is 0 Å². The normalized spacial score (nSPS) is 10.2. The Hall–Kier alpha value is -2.43. The highest BCUT2D eigenvalue weighted by Gasteiger charge is 2.14. The minimum atomic E-state index is -0.846. The van der Waals surface area contributed by atoms with Crippen LogP contribution in [0.5, 0.6) is 11.5 Å². The quantitative estimate of drug-likeness (QED) is 0.763. The van der Waals surface area contributed by atoms with Crippen LogP contribution in [0.15, 0.2) is 42.5 Å². The summed E-state index contributed by atoms with van der Waals surface area (Å²) in [5.74, 6) is -1.61. The summed E-state index contributed by atoms with van der Waals surface area (Å²) in [6, 6.07) is 9.65. The van der Waals surface area contributed by atoms with Gasteiger partial charge < -0.3 is 9.47 Å². The maximum Gasteiger partial charge on any atom is 0.203 e. The molecule has 0 fully saturated rings. The lowest BCUT2D eigenvalue weighted by Crippen LogP contribution is -2.13. The molecule has 0 aromatic heterocycles. The van der Waals surface area contributed by atoms with Gasteiger partial charge >= 0.3 is 0 Å². The zero-order valence-electron chi connectivity index (χ0n) is 11.4. The highest BCUT2D eigenvalue weighted by Crippen LogP contribution is 2.21. The van der Waals surface area contributed by atoms with Crippen molar-refractivity contribution < 1.29 is 23.0 Å². The molecule has 0 aliphatic heterocycles. The predicted molar refractivity (Wildman–Crippen MR) is 73.8 cm³/mol. The SMILES string of the molecule is CCOc1ccccc1C(=O)COc1ccc(F)cc1F. The second-order valence-corrected chi connectivity index (χ2v) is 4.22. The molecule has 0 radical (unpaired) electrons. The van der Waals surface area contributed by atoms with Crippen molar-refractivity contribution in [3.8, 4) is 11.5 Å². The van der Waals surface area contributed by atoms with E-state index < -0.39 is 11.6 Å². The van der Waals surface area contributed by atoms with Gasteiger partial charge in [-0.25, -0.2) is 8.78 Å². The van der Waals surface area contributed by atoms with Crippen LogP contribution in [0.3, 0.4) is 0 Å². The van der Waals surface area contributed by atoms with E-state index in [1.54, 1.807) is 24.3 Å². The van der Waals surface area contributed by atoms with Crippen LogP contribution in [0, 0.1) is 11.6 Å². The standard InChI is InChI=1S/C16H14F2O3/c1-2-20-15-6-4-3-5-12(15)14(19)10-21-16-8-7-11(17)9-13(16)18/h3-9H,2,10H2,1H3. The van der Waals surface area contributed by atoms with Gasteiger partial charge in [0.15, 0.2) is 18.2 Å². The van der Waals surface area contributed by atoms with Crippen LogP contribution in [0.25, 0.3) is 0 Å². The van der Waals surface area contributed by atoms with Crippen LogP contribution < -0.4 is 9.47 Å². The molecule has 21 heavy (non-hydrogen) atoms. The van der Waals surface area contributed by atoms with Gasteiger partial charge in [0.25, 0.3) is 0 Å². The second kappa shape index (κ2) is 6.83. The number of benzene rings is 2. The third kappa shape index (κ3) is 3.78. The number of ketones is 1. The number of para-hydroxylation sites is 1. The molecule has 0 amide bonds. The molecule has 2 aromatic carbocycles. The maximum absolute atomic E-state index is 13.4. The van der Waals surface area contributed by atoms with Gasteiger partial charge in [-0.15, -0.1) is 0 Å². The first kappa shape index (κ1) is 15.0. The lowest BCUT2D eigenvalue weighted by molar-refractivity contribution is 0.0915. The highest BCUT2D eigenvalue weighted by molar-refractivity contribution is 5.99. The fourth-order valence-corrected chi connectivity index (χ4v) is 1.79. The fraction of sp³-hybridized carbons (Fsp3) is 0.188. The fourth-order valence-electron chi connectivity index (χ4n) is 1.79. The molecule has 0 saturated carbocycles. The number of Topliss-reactive ketones (excluding diaryl/α,β-unsaturated/α-hetero) is 1. The van der Waals surface area contributed by atoms with Gasteiger partial charge in [-0.2, -0.15) is 0 Å². The molecule has 0 saturated heterocycles. The molecule has 0 unspecified atom stereocenters. The second-order valence-electron chi connectivity index (χ2n) is 4.22. The Morgan fingerprint density at radius 2 is 1.81 bits per heavy atom. The Morgan fingerprint density at radius 3 is 2.52 bits per heavy atom. The van der Waals surface area contributed by atoms with Gasteiger partial charge in [-0.05, 0) is 31.2 Å². The molecule has 0 N–H and O–H groups in total. The van der Waals surface area contributed by atoms with Crippen LogP contribution in [0.1, 0.15) is 17.3 Å². The summed E-state index contributed by atoms with van der Waals surface area (Å²) in [7, 11) is 0. The van der Waals surface area contributed by atoms with Crippen molar-refractivity contribution in [2.75, 3.05) is 13.2 Å². The van der Waals surface area contributed by atoms with E-state index in [-0.39, 0.29) is 18.1 Å². The third-order valence-electron chi connectivity index (χ3n) is 2.74. The van der Waals surface area contributed by atoms with Crippen LogP contribution in [0.2, 0.25) is 0 Å². The van der Waals surface area contributed by atoms with Crippen molar-refractivity contribution in [1.82, 2.24) is 0 Å². The summed E-state index contributed by atoms with van der Waals surface area (Å²) in [6.45, 7) is 1.88. The Bertz CT molecular complexity index is 641. The molecule has 5 heteroatoms. The molecule has 3 nitrogen and oxygen atoms in total. The van der Waals surface area contributed by atoms with E-state index in [4.69, 9.17) is 9.47 Å². The van der Waals surface area contributed by atoms with E-state index >= 15 is 0 Å². The molecule has 2 aromatic rings. The molecule has 2 rings (SSSR count). The molecular formula is C16H14F2O3. The monoisotopic (exact) mass is 292 g/mol. The first-order valence-electron chi connectivity index (χ1n) is 6.44. The first-order chi connectivity index (χ1) is 10.1. The highest BCUT2D eigenvalue weighted by atomic mass is 19.1. The topological polar surface area (TPSA) is 35.5 Å². The molecule has 0 spiro atoms. The number of rotatable bonds is 6. The molecular weight excluding hydrogens is 278 g/mol. The average Bonchev–Trinajstić information content (AvgIpc) is 2.47. The van der Waals surface area contributed by atoms with E-state index in [0.29, 0.717) is 24.0 Å². The molecule has 0 aliphatic rings. The number of ether oxygens (including phenoxy) is 2. The lowest BCUT2D eigenvalue weighted by atomic mass is 10.1. The lowest BCUT2D eigenvalue weighted by Gasteiger charge is -2.10. The van der Waals surface area contributed by atoms with Gasteiger partial charge in [0, 0.05) is 6.07 Å². The number of halogens is 2. The summed E-state index contributed by atoms with van der Waals surface area (Å²) in [4.78, 5) is 12.1. The van der Waals surface area contributed by atoms with Gasteiger partial charge in [0.2, 0.25) is 5.78 Å². The number of carbonyl (C=O) groups excluding carboxylic acids is 1. The number of carbonyl (C=O) groups is 1. The van der Waals surface area contributed by atoms with Crippen LogP contribution in [0.4, 0.5) is 8.78 Å². The minimum absolute atomic E-state index is 0.168. The average molecular weight is 292 g/mol. The van der Waals surface area contributed by atoms with Gasteiger partial charge in [0.05, 0.1) is 12.2 Å². The van der Waals surface area contributed by atoms with E-state index in [0.717, 1.165) is 12.1 Å². The van der Waals surface area contributed by atoms with Crippen molar-refractivity contribution in [3.05, 3.63) is 59.7 Å². The van der Waals surface area contributed by atoms with E-state index in [1.807, 2.05) is 6.92 Å². The molecule has 0 aliphatic carbocycles. The van der Waals surface area contributed by atoms with Crippen molar-refractivity contribution in [1.29, 1.82) is 0 Å². The largest absolute Gasteiger partial charge is 0.493 e. The predicted octanol–water partition coefficient (Wildman–Crippen LogP) is 3.63.